The van der Waals surface area contributed by atoms with Crippen LogP contribution in [0.4, 0.5) is 0 Å². The van der Waals surface area contributed by atoms with Crippen LogP contribution in [0.5, 0.6) is 0 Å². The van der Waals surface area contributed by atoms with E-state index in [2.05, 4.69) is 41.8 Å². The zero-order chi connectivity index (χ0) is 22.6. The first-order valence-corrected chi connectivity index (χ1v) is 11.7. The minimum Gasteiger partial charge on any atom is -0.346 e. The molecular formula is C24H30N6O2. The summed E-state index contributed by atoms with van der Waals surface area (Å²) in [5.74, 6) is 0.539. The van der Waals surface area contributed by atoms with Gasteiger partial charge >= 0.3 is 5.69 Å². The maximum atomic E-state index is 13.4. The van der Waals surface area contributed by atoms with Gasteiger partial charge in [-0.3, -0.25) is 9.36 Å². The van der Waals surface area contributed by atoms with Crippen LogP contribution in [0.15, 0.2) is 23.3 Å². The molecular weight excluding hydrogens is 404 g/mol. The molecule has 3 aromatic heterocycles. The largest absolute Gasteiger partial charge is 0.346 e. The molecule has 2 fully saturated rings. The lowest BCUT2D eigenvalue weighted by Crippen LogP contribution is -2.56. The van der Waals surface area contributed by atoms with E-state index < -0.39 is 5.41 Å². The highest BCUT2D eigenvalue weighted by Gasteiger charge is 2.50. The fourth-order valence-electron chi connectivity index (χ4n) is 6.25. The van der Waals surface area contributed by atoms with Gasteiger partial charge in [0.25, 0.3) is 0 Å². The molecule has 1 aliphatic heterocycles. The number of rotatable bonds is 4. The highest BCUT2D eigenvalue weighted by atomic mass is 16.2. The van der Waals surface area contributed by atoms with Gasteiger partial charge < -0.3 is 14.9 Å². The van der Waals surface area contributed by atoms with Gasteiger partial charge in [0.1, 0.15) is 5.65 Å². The van der Waals surface area contributed by atoms with Crippen LogP contribution in [0, 0.1) is 34.5 Å². The first kappa shape index (κ1) is 20.8. The van der Waals surface area contributed by atoms with E-state index in [-0.39, 0.29) is 35.4 Å². The molecule has 2 aliphatic rings. The number of H-pyrrole nitrogens is 2. The molecule has 0 radical (unpaired) electrons. The van der Waals surface area contributed by atoms with Crippen LogP contribution in [-0.4, -0.2) is 43.4 Å². The van der Waals surface area contributed by atoms with E-state index in [0.29, 0.717) is 13.1 Å². The summed E-state index contributed by atoms with van der Waals surface area (Å²) in [5.41, 5.74) is 1.86. The third kappa shape index (κ3) is 2.98. The van der Waals surface area contributed by atoms with E-state index in [1.165, 1.54) is 0 Å². The van der Waals surface area contributed by atoms with Crippen molar-refractivity contribution < 1.29 is 4.79 Å². The quantitative estimate of drug-likeness (QED) is 0.654. The molecule has 0 spiro atoms. The van der Waals surface area contributed by atoms with Crippen LogP contribution in [0.1, 0.15) is 52.5 Å². The molecule has 1 aliphatic carbocycles. The lowest BCUT2D eigenvalue weighted by Gasteiger charge is -2.50. The number of imidazole rings is 1. The normalized spacial score (nSPS) is 28.7. The second-order valence-electron chi connectivity index (χ2n) is 9.89. The van der Waals surface area contributed by atoms with Crippen LogP contribution in [0.25, 0.3) is 22.1 Å². The maximum absolute atomic E-state index is 13.4. The number of fused-ring (bicyclic) bond motifs is 3. The summed E-state index contributed by atoms with van der Waals surface area (Å²) in [5, 5.41) is 10.0. The summed E-state index contributed by atoms with van der Waals surface area (Å²) in [6, 6.07) is 4.26. The van der Waals surface area contributed by atoms with Crippen molar-refractivity contribution in [2.75, 3.05) is 13.1 Å². The van der Waals surface area contributed by atoms with E-state index >= 15 is 0 Å². The van der Waals surface area contributed by atoms with Crippen LogP contribution in [-0.2, 0) is 4.79 Å². The molecule has 2 atom stereocenters. The summed E-state index contributed by atoms with van der Waals surface area (Å²) in [6.07, 6.45) is 6.86. The smallest absolute Gasteiger partial charge is 0.326 e. The Morgan fingerprint density at radius 2 is 1.97 bits per heavy atom. The van der Waals surface area contributed by atoms with E-state index in [1.54, 1.807) is 6.20 Å². The minimum absolute atomic E-state index is 0.0240. The highest BCUT2D eigenvalue weighted by Crippen LogP contribution is 2.51. The molecule has 5 rings (SSSR count). The van der Waals surface area contributed by atoms with Crippen LogP contribution >= 0.6 is 0 Å². The van der Waals surface area contributed by atoms with Gasteiger partial charge in [-0.1, -0.05) is 33.6 Å². The minimum atomic E-state index is -0.459. The molecule has 3 aromatic rings. The number of aromatic nitrogens is 4. The molecule has 0 bridgehead atoms. The number of carbonyl (C=O) groups excluding carboxylic acids is 1. The van der Waals surface area contributed by atoms with Crippen molar-refractivity contribution in [2.24, 2.45) is 23.2 Å². The first-order valence-electron chi connectivity index (χ1n) is 11.7. The second kappa shape index (κ2) is 7.51. The van der Waals surface area contributed by atoms with Crippen molar-refractivity contribution >= 4 is 28.0 Å². The Morgan fingerprint density at radius 3 is 2.59 bits per heavy atom. The van der Waals surface area contributed by atoms with Gasteiger partial charge in [-0.25, -0.2) is 9.78 Å². The number of amides is 1. The van der Waals surface area contributed by atoms with E-state index in [1.807, 2.05) is 21.7 Å². The zero-order valence-corrected chi connectivity index (χ0v) is 18.9. The van der Waals surface area contributed by atoms with E-state index in [0.717, 1.165) is 47.8 Å². The fourth-order valence-corrected chi connectivity index (χ4v) is 6.25. The van der Waals surface area contributed by atoms with Crippen molar-refractivity contribution in [3.05, 3.63) is 28.9 Å². The lowest BCUT2D eigenvalue weighted by molar-refractivity contribution is -0.152. The Balaban J connectivity index is 1.56. The molecule has 2 unspecified atom stereocenters. The Hall–Kier alpha value is -3.08. The molecule has 8 nitrogen and oxygen atoms in total. The molecule has 1 amide bonds. The van der Waals surface area contributed by atoms with Crippen molar-refractivity contribution in [3.8, 4) is 6.07 Å². The van der Waals surface area contributed by atoms with Gasteiger partial charge in [0, 0.05) is 36.1 Å². The van der Waals surface area contributed by atoms with Crippen molar-refractivity contribution in [3.63, 3.8) is 0 Å². The summed E-state index contributed by atoms with van der Waals surface area (Å²) in [4.78, 5) is 39.1. The Kier molecular flexibility index (Phi) is 4.88. The first-order chi connectivity index (χ1) is 15.4. The molecule has 1 saturated carbocycles. The van der Waals surface area contributed by atoms with Crippen LogP contribution in [0.2, 0.25) is 0 Å². The maximum Gasteiger partial charge on any atom is 0.326 e. The number of nitrogens with zero attached hydrogens (tertiary/aromatic N) is 4. The standard InChI is InChI=1S/C24H30N6O2/c1-4-15-8-24(3,22(31)29-12-14(10-25)13-29)9-16(5-2)19(15)30-20-17-6-7-26-21(17)27-11-18(20)28-23(30)32/h6-7,11,14-16,19H,4-5,8-9,12-13H2,1-3H3,(H,26,27)(H,28,32). The zero-order valence-electron chi connectivity index (χ0n) is 18.9. The Bertz CT molecular complexity index is 1260. The highest BCUT2D eigenvalue weighted by molar-refractivity contribution is 6.01. The summed E-state index contributed by atoms with van der Waals surface area (Å²) < 4.78 is 1.95. The molecule has 2 N–H and O–H groups in total. The summed E-state index contributed by atoms with van der Waals surface area (Å²) in [6.45, 7) is 7.49. The third-order valence-electron chi connectivity index (χ3n) is 7.87. The number of likely N-dealkylation sites (tertiary alicyclic amines) is 1. The number of carbonyl (C=O) groups is 1. The number of hydrogen-bond acceptors (Lipinski definition) is 4. The van der Waals surface area contributed by atoms with Crippen molar-refractivity contribution in [1.29, 1.82) is 5.26 Å². The number of nitriles is 1. The summed E-state index contributed by atoms with van der Waals surface area (Å²) in [7, 11) is 0. The fraction of sp³-hybridized carbons (Fsp3) is 0.583. The van der Waals surface area contributed by atoms with E-state index in [4.69, 9.17) is 5.26 Å². The number of aromatic amines is 2. The monoisotopic (exact) mass is 434 g/mol. The topological polar surface area (TPSA) is 111 Å². The van der Waals surface area contributed by atoms with Crippen LogP contribution in [0.3, 0.4) is 0 Å². The molecule has 1 saturated heterocycles. The average Bonchev–Trinajstić information content (AvgIpc) is 3.35. The van der Waals surface area contributed by atoms with Gasteiger partial charge in [-0.15, -0.1) is 0 Å². The van der Waals surface area contributed by atoms with Gasteiger partial charge in [0.15, 0.2) is 0 Å². The van der Waals surface area contributed by atoms with Gasteiger partial charge in [0.2, 0.25) is 5.91 Å². The predicted molar refractivity (Wildman–Crippen MR) is 122 cm³/mol. The SMILES string of the molecule is CCC1CC(C)(C(=O)N2CC(C#N)C2)CC(CC)C1n1c(=O)[nH]c2cnc3[nH]ccc3c21. The molecule has 168 valence electrons. The summed E-state index contributed by atoms with van der Waals surface area (Å²) >= 11 is 0. The molecule has 32 heavy (non-hydrogen) atoms. The molecule has 8 heteroatoms. The van der Waals surface area contributed by atoms with Crippen LogP contribution < -0.4 is 5.69 Å². The van der Waals surface area contributed by atoms with E-state index in [9.17, 15) is 9.59 Å². The Labute approximate surface area is 186 Å². The Morgan fingerprint density at radius 1 is 1.28 bits per heavy atom. The molecule has 0 aromatic carbocycles. The van der Waals surface area contributed by atoms with Crippen molar-refractivity contribution in [2.45, 2.75) is 52.5 Å². The van der Waals surface area contributed by atoms with Gasteiger partial charge in [-0.2, -0.15) is 5.26 Å². The lowest BCUT2D eigenvalue weighted by atomic mass is 9.61. The predicted octanol–water partition coefficient (Wildman–Crippen LogP) is 3.58. The van der Waals surface area contributed by atoms with Crippen molar-refractivity contribution in [1.82, 2.24) is 24.4 Å². The average molecular weight is 435 g/mol. The van der Waals surface area contributed by atoms with Gasteiger partial charge in [-0.05, 0) is 30.7 Å². The third-order valence-corrected chi connectivity index (χ3v) is 7.87. The second-order valence-corrected chi connectivity index (χ2v) is 9.89. The molecule has 4 heterocycles. The number of pyridine rings is 1. The number of nitrogens with one attached hydrogen (secondary N) is 2. The van der Waals surface area contributed by atoms with Gasteiger partial charge in [0.05, 0.1) is 29.2 Å². The number of hydrogen-bond donors (Lipinski definition) is 2.